The Bertz CT molecular complexity index is 597. The van der Waals surface area contributed by atoms with E-state index < -0.39 is 0 Å². The van der Waals surface area contributed by atoms with Crippen LogP contribution in [0.15, 0.2) is 40.2 Å². The molecule has 0 fully saturated rings. The maximum atomic E-state index is 12.5. The molecule has 2 aromatic rings. The minimum atomic E-state index is 0.0741. The third kappa shape index (κ3) is 3.84. The molecule has 1 amide bonds. The van der Waals surface area contributed by atoms with E-state index in [1.54, 1.807) is 0 Å². The van der Waals surface area contributed by atoms with Crippen molar-refractivity contribution in [2.24, 2.45) is 0 Å². The van der Waals surface area contributed by atoms with Gasteiger partial charge in [0.05, 0.1) is 8.66 Å². The zero-order chi connectivity index (χ0) is 14.5. The highest BCUT2D eigenvalue weighted by Gasteiger charge is 2.17. The summed E-state index contributed by atoms with van der Waals surface area (Å²) in [5.74, 6) is 0.0741. The van der Waals surface area contributed by atoms with E-state index in [9.17, 15) is 4.79 Å². The minimum absolute atomic E-state index is 0.0741. The van der Waals surface area contributed by atoms with Crippen LogP contribution in [0.3, 0.4) is 0 Å². The Kier molecular flexibility index (Phi) is 5.20. The first kappa shape index (κ1) is 15.1. The molecule has 0 aliphatic heterocycles. The number of nitrogens with two attached hydrogens (primary N) is 1. The van der Waals surface area contributed by atoms with Gasteiger partial charge in [-0.15, -0.1) is 11.3 Å². The fraction of sp³-hybridized carbons (Fsp3) is 0.267. The van der Waals surface area contributed by atoms with Crippen molar-refractivity contribution < 1.29 is 4.79 Å². The van der Waals surface area contributed by atoms with Crippen molar-refractivity contribution in [3.63, 3.8) is 0 Å². The molecule has 20 heavy (non-hydrogen) atoms. The molecule has 0 bridgehead atoms. The Hall–Kier alpha value is -1.33. The number of hydrogen-bond donors (Lipinski definition) is 1. The van der Waals surface area contributed by atoms with Gasteiger partial charge in [-0.05, 0) is 52.2 Å². The van der Waals surface area contributed by atoms with Crippen LogP contribution in [0.4, 0.5) is 5.69 Å². The summed E-state index contributed by atoms with van der Waals surface area (Å²) in [7, 11) is 0. The molecule has 106 valence electrons. The van der Waals surface area contributed by atoms with Crippen molar-refractivity contribution in [1.29, 1.82) is 0 Å². The summed E-state index contributed by atoms with van der Waals surface area (Å²) in [5, 5.41) is 0. The second-order valence-corrected chi connectivity index (χ2v) is 7.04. The lowest BCUT2D eigenvalue weighted by atomic mass is 10.2. The van der Waals surface area contributed by atoms with E-state index in [4.69, 9.17) is 5.73 Å². The van der Waals surface area contributed by atoms with Gasteiger partial charge in [0.1, 0.15) is 0 Å². The van der Waals surface area contributed by atoms with E-state index in [-0.39, 0.29) is 5.91 Å². The molecule has 3 nitrogen and oxygen atoms in total. The fourth-order valence-electron chi connectivity index (χ4n) is 2.02. The van der Waals surface area contributed by atoms with Crippen LogP contribution in [0.2, 0.25) is 0 Å². The number of amides is 1. The molecule has 2 N–H and O–H groups in total. The normalized spacial score (nSPS) is 10.5. The summed E-state index contributed by atoms with van der Waals surface area (Å²) < 4.78 is 0.973. The maximum absolute atomic E-state index is 12.5. The zero-order valence-electron chi connectivity index (χ0n) is 11.3. The molecule has 0 spiro atoms. The summed E-state index contributed by atoms with van der Waals surface area (Å²) in [6, 6.07) is 11.4. The van der Waals surface area contributed by atoms with Gasteiger partial charge in [0.2, 0.25) is 0 Å². The fourth-order valence-corrected chi connectivity index (χ4v) is 3.37. The van der Waals surface area contributed by atoms with Crippen molar-refractivity contribution in [3.05, 3.63) is 50.6 Å². The second kappa shape index (κ2) is 6.90. The maximum Gasteiger partial charge on any atom is 0.264 e. The Balaban J connectivity index is 2.16. The molecule has 0 radical (unpaired) electrons. The molecule has 2 rings (SSSR count). The van der Waals surface area contributed by atoms with Crippen molar-refractivity contribution >= 4 is 38.9 Å². The van der Waals surface area contributed by atoms with Gasteiger partial charge in [-0.2, -0.15) is 0 Å². The summed E-state index contributed by atoms with van der Waals surface area (Å²) >= 11 is 4.86. The Labute approximate surface area is 131 Å². The van der Waals surface area contributed by atoms with Gasteiger partial charge in [0, 0.05) is 18.8 Å². The molecule has 0 aliphatic carbocycles. The van der Waals surface area contributed by atoms with E-state index in [1.165, 1.54) is 11.3 Å². The quantitative estimate of drug-likeness (QED) is 0.821. The average molecular weight is 353 g/mol. The largest absolute Gasteiger partial charge is 0.399 e. The molecule has 1 aromatic carbocycles. The molecule has 5 heteroatoms. The van der Waals surface area contributed by atoms with Crippen LogP contribution in [-0.2, 0) is 6.54 Å². The molecule has 0 saturated carbocycles. The van der Waals surface area contributed by atoms with E-state index in [0.29, 0.717) is 6.54 Å². The summed E-state index contributed by atoms with van der Waals surface area (Å²) in [6.45, 7) is 3.40. The highest BCUT2D eigenvalue weighted by molar-refractivity contribution is 9.11. The van der Waals surface area contributed by atoms with E-state index in [0.717, 1.165) is 32.9 Å². The summed E-state index contributed by atoms with van der Waals surface area (Å²) in [5.41, 5.74) is 7.58. The van der Waals surface area contributed by atoms with Gasteiger partial charge in [0.25, 0.3) is 5.91 Å². The van der Waals surface area contributed by atoms with Crippen LogP contribution in [-0.4, -0.2) is 17.4 Å². The number of halogens is 1. The van der Waals surface area contributed by atoms with Crippen molar-refractivity contribution in [2.75, 3.05) is 12.3 Å². The first-order valence-electron chi connectivity index (χ1n) is 6.49. The van der Waals surface area contributed by atoms with Crippen molar-refractivity contribution in [2.45, 2.75) is 19.9 Å². The lowest BCUT2D eigenvalue weighted by Crippen LogP contribution is -2.30. The molecule has 1 aromatic heterocycles. The van der Waals surface area contributed by atoms with Crippen LogP contribution in [0.1, 0.15) is 28.6 Å². The lowest BCUT2D eigenvalue weighted by molar-refractivity contribution is 0.0748. The standard InChI is InChI=1S/C15H17BrN2OS/c1-2-8-18(10-11-4-3-5-12(17)9-11)15(19)13-6-7-14(16)20-13/h3-7,9H,2,8,10,17H2,1H3. The summed E-state index contributed by atoms with van der Waals surface area (Å²) in [6.07, 6.45) is 0.931. The number of carbonyl (C=O) groups is 1. The predicted molar refractivity (Wildman–Crippen MR) is 87.9 cm³/mol. The highest BCUT2D eigenvalue weighted by atomic mass is 79.9. The van der Waals surface area contributed by atoms with Gasteiger partial charge in [-0.25, -0.2) is 0 Å². The number of rotatable bonds is 5. The van der Waals surface area contributed by atoms with Crippen LogP contribution < -0.4 is 5.73 Å². The molecule has 0 saturated heterocycles. The number of hydrogen-bond acceptors (Lipinski definition) is 3. The van der Waals surface area contributed by atoms with Crippen molar-refractivity contribution in [1.82, 2.24) is 4.90 Å². The van der Waals surface area contributed by atoms with Gasteiger partial charge in [-0.1, -0.05) is 19.1 Å². The van der Waals surface area contributed by atoms with E-state index in [2.05, 4.69) is 22.9 Å². The molecular weight excluding hydrogens is 336 g/mol. The third-order valence-corrected chi connectivity index (χ3v) is 4.50. The number of thiophene rings is 1. The van der Waals surface area contributed by atoms with E-state index >= 15 is 0 Å². The van der Waals surface area contributed by atoms with Gasteiger partial charge in [0.15, 0.2) is 0 Å². The SMILES string of the molecule is CCCN(Cc1cccc(N)c1)C(=O)c1ccc(Br)s1. The van der Waals surface area contributed by atoms with E-state index in [1.807, 2.05) is 41.3 Å². The second-order valence-electron chi connectivity index (χ2n) is 4.58. The molecular formula is C15H17BrN2OS. The smallest absolute Gasteiger partial charge is 0.264 e. The van der Waals surface area contributed by atoms with Crippen LogP contribution in [0, 0.1) is 0 Å². The average Bonchev–Trinajstić information content (AvgIpc) is 2.84. The minimum Gasteiger partial charge on any atom is -0.399 e. The molecule has 0 unspecified atom stereocenters. The van der Waals surface area contributed by atoms with Crippen molar-refractivity contribution in [3.8, 4) is 0 Å². The summed E-state index contributed by atoms with van der Waals surface area (Å²) in [4.78, 5) is 15.1. The Morgan fingerprint density at radius 2 is 2.15 bits per heavy atom. The number of carbonyl (C=O) groups excluding carboxylic acids is 1. The number of nitrogen functional groups attached to an aromatic ring is 1. The van der Waals surface area contributed by atoms with Crippen LogP contribution in [0.25, 0.3) is 0 Å². The molecule has 0 aliphatic rings. The number of nitrogens with zero attached hydrogens (tertiary/aromatic N) is 1. The Morgan fingerprint density at radius 1 is 1.35 bits per heavy atom. The first-order chi connectivity index (χ1) is 9.60. The molecule has 0 atom stereocenters. The molecule has 1 heterocycles. The number of anilines is 1. The van der Waals surface area contributed by atoms with Crippen LogP contribution in [0.5, 0.6) is 0 Å². The Morgan fingerprint density at radius 3 is 2.75 bits per heavy atom. The van der Waals surface area contributed by atoms with Crippen LogP contribution >= 0.6 is 27.3 Å². The zero-order valence-corrected chi connectivity index (χ0v) is 13.7. The highest BCUT2D eigenvalue weighted by Crippen LogP contribution is 2.24. The first-order valence-corrected chi connectivity index (χ1v) is 8.10. The third-order valence-electron chi connectivity index (χ3n) is 2.89. The predicted octanol–water partition coefficient (Wildman–Crippen LogP) is 4.15. The van der Waals surface area contributed by atoms with Gasteiger partial charge in [-0.3, -0.25) is 4.79 Å². The van der Waals surface area contributed by atoms with Gasteiger partial charge >= 0.3 is 0 Å². The van der Waals surface area contributed by atoms with Gasteiger partial charge < -0.3 is 10.6 Å². The lowest BCUT2D eigenvalue weighted by Gasteiger charge is -2.21. The number of benzene rings is 1. The monoisotopic (exact) mass is 352 g/mol. The topological polar surface area (TPSA) is 46.3 Å².